The second-order valence-electron chi connectivity index (χ2n) is 3.50. The highest BCUT2D eigenvalue weighted by Crippen LogP contribution is 2.17. The third-order valence-corrected chi connectivity index (χ3v) is 2.08. The topological polar surface area (TPSA) is 32.3 Å². The summed E-state index contributed by atoms with van der Waals surface area (Å²) in [6, 6.07) is 5.80. The summed E-state index contributed by atoms with van der Waals surface area (Å²) < 4.78 is 0. The molecule has 1 N–H and O–H groups in total. The van der Waals surface area contributed by atoms with Gasteiger partial charge in [-0.15, -0.1) is 0 Å². The lowest BCUT2D eigenvalue weighted by atomic mass is 10.1. The predicted octanol–water partition coefficient (Wildman–Crippen LogP) is 1.74. The van der Waals surface area contributed by atoms with Crippen LogP contribution in [0.4, 0.5) is 5.69 Å². The maximum Gasteiger partial charge on any atom is 0.255 e. The first-order valence-electron chi connectivity index (χ1n) is 4.56. The molecule has 0 unspecified atom stereocenters. The molecule has 0 aliphatic rings. The maximum atomic E-state index is 11.8. The van der Waals surface area contributed by atoms with Crippen LogP contribution >= 0.6 is 0 Å². The van der Waals surface area contributed by atoms with Gasteiger partial charge in [-0.1, -0.05) is 11.6 Å². The van der Waals surface area contributed by atoms with Gasteiger partial charge >= 0.3 is 0 Å². The molecule has 0 aliphatic carbocycles. The molecule has 0 aliphatic heterocycles. The fourth-order valence-corrected chi connectivity index (χ4v) is 1.29. The summed E-state index contributed by atoms with van der Waals surface area (Å²) in [5.74, 6) is 0.0260. The predicted molar refractivity (Wildman–Crippen MR) is 58.7 cm³/mol. The molecule has 3 nitrogen and oxygen atoms in total. The minimum atomic E-state index is 0.0260. The monoisotopic (exact) mass is 192 g/mol. The first kappa shape index (κ1) is 10.6. The van der Waals surface area contributed by atoms with Crippen molar-refractivity contribution < 1.29 is 4.79 Å². The third kappa shape index (κ3) is 2.05. The van der Waals surface area contributed by atoms with Gasteiger partial charge in [-0.25, -0.2) is 0 Å². The summed E-state index contributed by atoms with van der Waals surface area (Å²) >= 11 is 0. The number of hydrogen-bond acceptors (Lipinski definition) is 2. The zero-order chi connectivity index (χ0) is 10.7. The number of hydrogen-bond donors (Lipinski definition) is 1. The molecule has 0 saturated heterocycles. The van der Waals surface area contributed by atoms with Crippen LogP contribution in [0.25, 0.3) is 0 Å². The van der Waals surface area contributed by atoms with Gasteiger partial charge in [-0.2, -0.15) is 0 Å². The fourth-order valence-electron chi connectivity index (χ4n) is 1.29. The standard InChI is InChI=1S/C11H16N2O/c1-8-5-6-10(12-2)9(7-8)11(14)13(3)4/h5-7,12H,1-4H3. The number of carbonyl (C=O) groups is 1. The lowest BCUT2D eigenvalue weighted by Crippen LogP contribution is -2.22. The molecule has 0 aromatic heterocycles. The summed E-state index contributed by atoms with van der Waals surface area (Å²) in [6.07, 6.45) is 0. The second kappa shape index (κ2) is 4.13. The molecule has 1 rings (SSSR count). The van der Waals surface area contributed by atoms with Crippen LogP contribution in [0.15, 0.2) is 18.2 Å². The Balaban J connectivity index is 3.17. The fraction of sp³-hybridized carbons (Fsp3) is 0.364. The average Bonchev–Trinajstić information content (AvgIpc) is 2.16. The van der Waals surface area contributed by atoms with Crippen molar-refractivity contribution in [3.8, 4) is 0 Å². The van der Waals surface area contributed by atoms with E-state index in [0.717, 1.165) is 16.8 Å². The van der Waals surface area contributed by atoms with Crippen molar-refractivity contribution in [3.63, 3.8) is 0 Å². The molecule has 0 saturated carbocycles. The van der Waals surface area contributed by atoms with Crippen LogP contribution in [-0.2, 0) is 0 Å². The van der Waals surface area contributed by atoms with E-state index in [2.05, 4.69) is 5.32 Å². The molecule has 14 heavy (non-hydrogen) atoms. The van der Waals surface area contributed by atoms with Gasteiger partial charge in [0.25, 0.3) is 5.91 Å². The second-order valence-corrected chi connectivity index (χ2v) is 3.50. The van der Waals surface area contributed by atoms with Crippen LogP contribution in [0.1, 0.15) is 15.9 Å². The highest BCUT2D eigenvalue weighted by Gasteiger charge is 2.12. The van der Waals surface area contributed by atoms with Crippen LogP contribution < -0.4 is 5.32 Å². The molecule has 0 atom stereocenters. The summed E-state index contributed by atoms with van der Waals surface area (Å²) in [6.45, 7) is 1.98. The Hall–Kier alpha value is -1.51. The van der Waals surface area contributed by atoms with Crippen LogP contribution in [0.2, 0.25) is 0 Å². The maximum absolute atomic E-state index is 11.8. The van der Waals surface area contributed by atoms with Gasteiger partial charge in [0.05, 0.1) is 5.56 Å². The van der Waals surface area contributed by atoms with Crippen molar-refractivity contribution >= 4 is 11.6 Å². The Bertz CT molecular complexity index is 345. The van der Waals surface area contributed by atoms with Crippen LogP contribution in [0, 0.1) is 6.92 Å². The van der Waals surface area contributed by atoms with E-state index in [1.165, 1.54) is 0 Å². The Labute approximate surface area is 84.7 Å². The summed E-state index contributed by atoms with van der Waals surface area (Å²) in [5, 5.41) is 3.01. The number of anilines is 1. The van der Waals surface area contributed by atoms with E-state index >= 15 is 0 Å². The molecule has 3 heteroatoms. The molecular weight excluding hydrogens is 176 g/mol. The van der Waals surface area contributed by atoms with Crippen molar-refractivity contribution in [2.75, 3.05) is 26.5 Å². The number of aryl methyl sites for hydroxylation is 1. The number of carbonyl (C=O) groups excluding carboxylic acids is 1. The van der Waals surface area contributed by atoms with E-state index in [-0.39, 0.29) is 5.91 Å². The summed E-state index contributed by atoms with van der Waals surface area (Å²) in [4.78, 5) is 13.3. The molecule has 1 amide bonds. The minimum absolute atomic E-state index is 0.0260. The van der Waals surface area contributed by atoms with Crippen LogP contribution in [-0.4, -0.2) is 32.0 Å². The van der Waals surface area contributed by atoms with Gasteiger partial charge in [0, 0.05) is 26.8 Å². The molecule has 0 spiro atoms. The largest absolute Gasteiger partial charge is 0.387 e. The van der Waals surface area contributed by atoms with Crippen molar-refractivity contribution in [3.05, 3.63) is 29.3 Å². The van der Waals surface area contributed by atoms with E-state index in [1.54, 1.807) is 19.0 Å². The van der Waals surface area contributed by atoms with E-state index in [1.807, 2.05) is 32.2 Å². The van der Waals surface area contributed by atoms with E-state index in [9.17, 15) is 4.79 Å². The minimum Gasteiger partial charge on any atom is -0.387 e. The number of amides is 1. The van der Waals surface area contributed by atoms with Crippen molar-refractivity contribution in [1.82, 2.24) is 4.90 Å². The van der Waals surface area contributed by atoms with E-state index in [4.69, 9.17) is 0 Å². The Morgan fingerprint density at radius 2 is 2.00 bits per heavy atom. The molecule has 0 fully saturated rings. The van der Waals surface area contributed by atoms with E-state index < -0.39 is 0 Å². The first-order chi connectivity index (χ1) is 6.56. The highest BCUT2D eigenvalue weighted by molar-refractivity contribution is 5.99. The normalized spacial score (nSPS) is 9.71. The number of nitrogens with one attached hydrogen (secondary N) is 1. The number of nitrogens with zero attached hydrogens (tertiary/aromatic N) is 1. The molecule has 76 valence electrons. The quantitative estimate of drug-likeness (QED) is 0.774. The van der Waals surface area contributed by atoms with Crippen molar-refractivity contribution in [2.24, 2.45) is 0 Å². The molecule has 1 aromatic carbocycles. The molecule has 1 aromatic rings. The van der Waals surface area contributed by atoms with Gasteiger partial charge in [-0.05, 0) is 19.1 Å². The molecule has 0 bridgehead atoms. The summed E-state index contributed by atoms with van der Waals surface area (Å²) in [7, 11) is 5.32. The SMILES string of the molecule is CNc1ccc(C)cc1C(=O)N(C)C. The van der Waals surface area contributed by atoms with Crippen molar-refractivity contribution in [1.29, 1.82) is 0 Å². The van der Waals surface area contributed by atoms with Crippen LogP contribution in [0.3, 0.4) is 0 Å². The zero-order valence-electron chi connectivity index (χ0n) is 9.09. The number of benzene rings is 1. The van der Waals surface area contributed by atoms with Crippen molar-refractivity contribution in [2.45, 2.75) is 6.92 Å². The van der Waals surface area contributed by atoms with Gasteiger partial charge in [-0.3, -0.25) is 4.79 Å². The third-order valence-electron chi connectivity index (χ3n) is 2.08. The van der Waals surface area contributed by atoms with Gasteiger partial charge < -0.3 is 10.2 Å². The van der Waals surface area contributed by atoms with Crippen LogP contribution in [0.5, 0.6) is 0 Å². The van der Waals surface area contributed by atoms with Gasteiger partial charge in [0.1, 0.15) is 0 Å². The van der Waals surface area contributed by atoms with Gasteiger partial charge in [0.2, 0.25) is 0 Å². The smallest absolute Gasteiger partial charge is 0.255 e. The zero-order valence-corrected chi connectivity index (χ0v) is 9.09. The first-order valence-corrected chi connectivity index (χ1v) is 4.56. The lowest BCUT2D eigenvalue weighted by molar-refractivity contribution is 0.0828. The van der Waals surface area contributed by atoms with E-state index in [0.29, 0.717) is 0 Å². The highest BCUT2D eigenvalue weighted by atomic mass is 16.2. The Kier molecular flexibility index (Phi) is 3.12. The average molecular weight is 192 g/mol. The Morgan fingerprint density at radius 1 is 1.36 bits per heavy atom. The molecule has 0 radical (unpaired) electrons. The molecule has 0 heterocycles. The Morgan fingerprint density at radius 3 is 2.50 bits per heavy atom. The lowest BCUT2D eigenvalue weighted by Gasteiger charge is -2.14. The number of rotatable bonds is 2. The molecular formula is C11H16N2O. The van der Waals surface area contributed by atoms with Gasteiger partial charge in [0.15, 0.2) is 0 Å². The summed E-state index contributed by atoms with van der Waals surface area (Å²) in [5.41, 5.74) is 2.68.